The van der Waals surface area contributed by atoms with Crippen LogP contribution in [0.15, 0.2) is 18.2 Å². The molecule has 2 atom stereocenters. The normalized spacial score (nSPS) is 23.4. The molecule has 1 aliphatic carbocycles. The average molecular weight is 328 g/mol. The summed E-state index contributed by atoms with van der Waals surface area (Å²) in [7, 11) is 0. The Kier molecular flexibility index (Phi) is 5.32. The highest BCUT2D eigenvalue weighted by molar-refractivity contribution is 5.80. The summed E-state index contributed by atoms with van der Waals surface area (Å²) in [4.78, 5) is 12.1. The third-order valence-corrected chi connectivity index (χ3v) is 6.08. The Labute approximate surface area is 147 Å². The second-order valence-corrected chi connectivity index (χ2v) is 8.37. The van der Waals surface area contributed by atoms with E-state index in [-0.39, 0.29) is 5.41 Å². The van der Waals surface area contributed by atoms with Gasteiger partial charge in [0.05, 0.1) is 6.61 Å². The molecule has 1 aromatic carbocycles. The Bertz CT molecular complexity index is 588. The van der Waals surface area contributed by atoms with Crippen LogP contribution in [0.2, 0.25) is 0 Å². The fourth-order valence-corrected chi connectivity index (χ4v) is 4.57. The lowest BCUT2D eigenvalue weighted by atomic mass is 9.68. The lowest BCUT2D eigenvalue weighted by molar-refractivity contribution is -0.122. The van der Waals surface area contributed by atoms with Crippen molar-refractivity contribution in [3.63, 3.8) is 0 Å². The van der Waals surface area contributed by atoms with Crippen LogP contribution in [0.3, 0.4) is 0 Å². The molecule has 1 saturated carbocycles. The Morgan fingerprint density at radius 2 is 2.04 bits per heavy atom. The number of ketones is 1. The molecule has 0 aromatic heterocycles. The third-order valence-electron chi connectivity index (χ3n) is 6.08. The maximum atomic E-state index is 12.1. The van der Waals surface area contributed by atoms with Gasteiger partial charge in [-0.25, -0.2) is 0 Å². The average Bonchev–Trinajstić information content (AvgIpc) is 2.58. The van der Waals surface area contributed by atoms with E-state index in [1.807, 2.05) is 0 Å². The number of benzene rings is 1. The van der Waals surface area contributed by atoms with E-state index in [9.17, 15) is 4.79 Å². The molecular formula is C22H32O2. The molecule has 0 unspecified atom stereocenters. The van der Waals surface area contributed by atoms with E-state index in [4.69, 9.17) is 4.74 Å². The smallest absolute Gasteiger partial charge is 0.133 e. The molecule has 1 heterocycles. The molecule has 0 bridgehead atoms. The van der Waals surface area contributed by atoms with E-state index < -0.39 is 0 Å². The Balaban J connectivity index is 1.88. The Morgan fingerprint density at radius 1 is 1.21 bits per heavy atom. The van der Waals surface area contributed by atoms with Crippen molar-refractivity contribution in [1.29, 1.82) is 0 Å². The highest BCUT2D eigenvalue weighted by Gasteiger charge is 2.39. The highest BCUT2D eigenvalue weighted by Crippen LogP contribution is 2.48. The molecule has 1 aliphatic heterocycles. The maximum Gasteiger partial charge on any atom is 0.133 e. The first-order valence-corrected chi connectivity index (χ1v) is 9.81. The SMILES string of the molecule is CCCCCCC(C)(C)c1cccc2c1[C@@H]1CC(=O)CC[C@H]1CO2. The first-order valence-electron chi connectivity index (χ1n) is 9.81. The molecule has 1 fully saturated rings. The van der Waals surface area contributed by atoms with Crippen molar-refractivity contribution in [3.05, 3.63) is 29.3 Å². The van der Waals surface area contributed by atoms with Gasteiger partial charge in [-0.3, -0.25) is 4.79 Å². The summed E-state index contributed by atoms with van der Waals surface area (Å²) in [6.07, 6.45) is 8.84. The van der Waals surface area contributed by atoms with Gasteiger partial charge in [-0.2, -0.15) is 0 Å². The standard InChI is InChI=1S/C22H32O2/c1-4-5-6-7-13-22(2,3)19-9-8-10-20-21(19)18-14-17(23)12-11-16(18)15-24-20/h8-10,16,18H,4-7,11-15H2,1-3H3/t16-,18+/m0/s1. The van der Waals surface area contributed by atoms with Crippen molar-refractivity contribution in [2.45, 2.75) is 83.5 Å². The molecule has 0 saturated heterocycles. The van der Waals surface area contributed by atoms with Gasteiger partial charge in [0.25, 0.3) is 0 Å². The van der Waals surface area contributed by atoms with Crippen molar-refractivity contribution in [3.8, 4) is 5.75 Å². The van der Waals surface area contributed by atoms with Crippen LogP contribution in [-0.4, -0.2) is 12.4 Å². The zero-order chi connectivity index (χ0) is 17.2. The molecule has 132 valence electrons. The number of hydrogen-bond donors (Lipinski definition) is 0. The van der Waals surface area contributed by atoms with Gasteiger partial charge in [-0.15, -0.1) is 0 Å². The minimum Gasteiger partial charge on any atom is -0.493 e. The van der Waals surface area contributed by atoms with E-state index in [1.54, 1.807) is 0 Å². The van der Waals surface area contributed by atoms with Crippen LogP contribution in [0.5, 0.6) is 5.75 Å². The Morgan fingerprint density at radius 3 is 2.83 bits per heavy atom. The number of carbonyl (C=O) groups excluding carboxylic acids is 1. The third kappa shape index (κ3) is 3.53. The van der Waals surface area contributed by atoms with Crippen LogP contribution in [0, 0.1) is 5.92 Å². The number of fused-ring (bicyclic) bond motifs is 3. The highest BCUT2D eigenvalue weighted by atomic mass is 16.5. The lowest BCUT2D eigenvalue weighted by Crippen LogP contribution is -2.34. The predicted octanol–water partition coefficient (Wildman–Crippen LogP) is 5.78. The van der Waals surface area contributed by atoms with Gasteiger partial charge in [-0.05, 0) is 29.9 Å². The second-order valence-electron chi connectivity index (χ2n) is 8.37. The maximum absolute atomic E-state index is 12.1. The van der Waals surface area contributed by atoms with Gasteiger partial charge in [0.1, 0.15) is 11.5 Å². The molecular weight excluding hydrogens is 296 g/mol. The summed E-state index contributed by atoms with van der Waals surface area (Å²) >= 11 is 0. The monoisotopic (exact) mass is 328 g/mol. The molecule has 0 radical (unpaired) electrons. The summed E-state index contributed by atoms with van der Waals surface area (Å²) in [5, 5.41) is 0. The Hall–Kier alpha value is -1.31. The summed E-state index contributed by atoms with van der Waals surface area (Å²) in [5.41, 5.74) is 2.91. The molecule has 2 aliphatic rings. The van der Waals surface area contributed by atoms with Crippen LogP contribution < -0.4 is 4.74 Å². The molecule has 0 spiro atoms. The number of hydrogen-bond acceptors (Lipinski definition) is 2. The van der Waals surface area contributed by atoms with Crippen LogP contribution in [0.25, 0.3) is 0 Å². The van der Waals surface area contributed by atoms with Crippen LogP contribution >= 0.6 is 0 Å². The molecule has 1 aromatic rings. The van der Waals surface area contributed by atoms with Gasteiger partial charge < -0.3 is 4.74 Å². The fourth-order valence-electron chi connectivity index (χ4n) is 4.57. The summed E-state index contributed by atoms with van der Waals surface area (Å²) in [6.45, 7) is 7.77. The molecule has 2 heteroatoms. The van der Waals surface area contributed by atoms with Crippen LogP contribution in [0.4, 0.5) is 0 Å². The predicted molar refractivity (Wildman–Crippen MR) is 98.8 cm³/mol. The van der Waals surface area contributed by atoms with E-state index in [2.05, 4.69) is 39.0 Å². The van der Waals surface area contributed by atoms with E-state index in [1.165, 1.54) is 43.2 Å². The fraction of sp³-hybridized carbons (Fsp3) is 0.682. The van der Waals surface area contributed by atoms with Gasteiger partial charge in [-0.1, -0.05) is 58.6 Å². The van der Waals surface area contributed by atoms with Crippen molar-refractivity contribution < 1.29 is 9.53 Å². The van der Waals surface area contributed by atoms with E-state index >= 15 is 0 Å². The minimum atomic E-state index is 0.144. The largest absolute Gasteiger partial charge is 0.493 e. The summed E-state index contributed by atoms with van der Waals surface area (Å²) < 4.78 is 6.10. The summed E-state index contributed by atoms with van der Waals surface area (Å²) in [6, 6.07) is 6.51. The number of rotatable bonds is 6. The van der Waals surface area contributed by atoms with E-state index in [0.29, 0.717) is 24.0 Å². The molecule has 2 nitrogen and oxygen atoms in total. The minimum absolute atomic E-state index is 0.144. The first kappa shape index (κ1) is 17.5. The number of Topliss-reactive ketones (excluding diaryl/α,β-unsaturated/α-hetero) is 1. The van der Waals surface area contributed by atoms with Crippen molar-refractivity contribution in [1.82, 2.24) is 0 Å². The first-order chi connectivity index (χ1) is 11.5. The van der Waals surface area contributed by atoms with Crippen LogP contribution in [0.1, 0.15) is 89.2 Å². The second kappa shape index (κ2) is 7.29. The molecule has 0 amide bonds. The van der Waals surface area contributed by atoms with Gasteiger partial charge in [0.2, 0.25) is 0 Å². The zero-order valence-corrected chi connectivity index (χ0v) is 15.6. The van der Waals surface area contributed by atoms with Crippen molar-refractivity contribution in [2.24, 2.45) is 5.92 Å². The summed E-state index contributed by atoms with van der Waals surface area (Å²) in [5.74, 6) is 2.36. The molecule has 0 N–H and O–H groups in total. The molecule has 24 heavy (non-hydrogen) atoms. The lowest BCUT2D eigenvalue weighted by Gasteiger charge is -2.40. The molecule has 3 rings (SSSR count). The number of carbonyl (C=O) groups is 1. The van der Waals surface area contributed by atoms with E-state index in [0.717, 1.165) is 25.2 Å². The number of ether oxygens (including phenoxy) is 1. The zero-order valence-electron chi connectivity index (χ0n) is 15.6. The van der Waals surface area contributed by atoms with Gasteiger partial charge in [0.15, 0.2) is 0 Å². The van der Waals surface area contributed by atoms with Crippen LogP contribution in [-0.2, 0) is 10.2 Å². The topological polar surface area (TPSA) is 26.3 Å². The van der Waals surface area contributed by atoms with Gasteiger partial charge in [0, 0.05) is 30.2 Å². The quantitative estimate of drug-likeness (QED) is 0.619. The van der Waals surface area contributed by atoms with Gasteiger partial charge >= 0.3 is 0 Å². The van der Waals surface area contributed by atoms with Crippen molar-refractivity contribution >= 4 is 5.78 Å². The number of unbranched alkanes of at least 4 members (excludes halogenated alkanes) is 3. The van der Waals surface area contributed by atoms with Crippen molar-refractivity contribution in [2.75, 3.05) is 6.61 Å².